The van der Waals surface area contributed by atoms with Crippen LogP contribution in [0.25, 0.3) is 0 Å². The molecular formula is C16H28N2O3S. The Bertz CT molecular complexity index is 526. The molecule has 1 saturated heterocycles. The standard InChI is InChI=1S/C16H28N2O3S/c1-3-18(4-2)22(20,21)13-15(19)17-12-8-11-16(14-17)9-6-5-7-10-16/h5-6H,3-4,7-14H2,1-2H3/t16-/m1/s1. The summed E-state index contributed by atoms with van der Waals surface area (Å²) in [7, 11) is -3.49. The van der Waals surface area contributed by atoms with Crippen molar-refractivity contribution in [3.63, 3.8) is 0 Å². The second kappa shape index (κ2) is 7.13. The molecule has 0 aromatic rings. The number of sulfonamides is 1. The molecule has 5 nitrogen and oxygen atoms in total. The number of piperidine rings is 1. The van der Waals surface area contributed by atoms with Gasteiger partial charge in [0.15, 0.2) is 0 Å². The van der Waals surface area contributed by atoms with E-state index in [-0.39, 0.29) is 17.1 Å². The molecule has 0 radical (unpaired) electrons. The van der Waals surface area contributed by atoms with Crippen molar-refractivity contribution in [1.29, 1.82) is 0 Å². The summed E-state index contributed by atoms with van der Waals surface area (Å²) in [4.78, 5) is 14.3. The van der Waals surface area contributed by atoms with Crippen LogP contribution in [-0.4, -0.2) is 55.5 Å². The summed E-state index contributed by atoms with van der Waals surface area (Å²) in [6.07, 6.45) is 9.73. The quantitative estimate of drug-likeness (QED) is 0.725. The highest BCUT2D eigenvalue weighted by atomic mass is 32.2. The molecule has 1 fully saturated rings. The Kier molecular flexibility index (Phi) is 5.66. The van der Waals surface area contributed by atoms with Crippen molar-refractivity contribution < 1.29 is 13.2 Å². The van der Waals surface area contributed by atoms with Crippen LogP contribution in [0.3, 0.4) is 0 Å². The first kappa shape index (κ1) is 17.5. The Morgan fingerprint density at radius 1 is 1.23 bits per heavy atom. The summed E-state index contributed by atoms with van der Waals surface area (Å²) in [5, 5.41) is 0. The minimum atomic E-state index is -3.49. The van der Waals surface area contributed by atoms with Crippen molar-refractivity contribution in [3.8, 4) is 0 Å². The van der Waals surface area contributed by atoms with Gasteiger partial charge in [0.2, 0.25) is 15.9 Å². The van der Waals surface area contributed by atoms with E-state index < -0.39 is 10.0 Å². The zero-order valence-electron chi connectivity index (χ0n) is 13.8. The van der Waals surface area contributed by atoms with Crippen LogP contribution in [0.15, 0.2) is 12.2 Å². The van der Waals surface area contributed by atoms with E-state index in [1.807, 2.05) is 0 Å². The topological polar surface area (TPSA) is 57.7 Å². The summed E-state index contributed by atoms with van der Waals surface area (Å²) >= 11 is 0. The second-order valence-electron chi connectivity index (χ2n) is 6.47. The lowest BCUT2D eigenvalue weighted by molar-refractivity contribution is -0.132. The molecule has 0 bridgehead atoms. The number of carbonyl (C=O) groups is 1. The highest BCUT2D eigenvalue weighted by molar-refractivity contribution is 7.89. The van der Waals surface area contributed by atoms with Crippen LogP contribution in [0, 0.1) is 5.41 Å². The fourth-order valence-electron chi connectivity index (χ4n) is 3.69. The smallest absolute Gasteiger partial charge is 0.239 e. The maximum Gasteiger partial charge on any atom is 0.239 e. The van der Waals surface area contributed by atoms with Gasteiger partial charge in [-0.2, -0.15) is 0 Å². The number of likely N-dealkylation sites (tertiary alicyclic amines) is 1. The Morgan fingerprint density at radius 3 is 2.55 bits per heavy atom. The van der Waals surface area contributed by atoms with Gasteiger partial charge in [-0.25, -0.2) is 12.7 Å². The van der Waals surface area contributed by atoms with Crippen molar-refractivity contribution in [2.75, 3.05) is 31.9 Å². The first-order valence-electron chi connectivity index (χ1n) is 8.33. The molecule has 1 aliphatic carbocycles. The Hall–Kier alpha value is -0.880. The minimum absolute atomic E-state index is 0.182. The fraction of sp³-hybridized carbons (Fsp3) is 0.812. The number of rotatable bonds is 5. The zero-order chi connectivity index (χ0) is 16.2. The zero-order valence-corrected chi connectivity index (χ0v) is 14.6. The van der Waals surface area contributed by atoms with Gasteiger partial charge < -0.3 is 4.90 Å². The van der Waals surface area contributed by atoms with E-state index in [0.717, 1.165) is 32.1 Å². The molecule has 1 amide bonds. The molecule has 1 aliphatic heterocycles. The van der Waals surface area contributed by atoms with E-state index in [1.54, 1.807) is 18.7 Å². The number of hydrogen-bond acceptors (Lipinski definition) is 3. The third kappa shape index (κ3) is 3.90. The summed E-state index contributed by atoms with van der Waals surface area (Å²) < 4.78 is 25.9. The van der Waals surface area contributed by atoms with Gasteiger partial charge in [0.05, 0.1) is 0 Å². The summed E-state index contributed by atoms with van der Waals surface area (Å²) in [6, 6.07) is 0. The average molecular weight is 328 g/mol. The number of nitrogens with zero attached hydrogens (tertiary/aromatic N) is 2. The summed E-state index contributed by atoms with van der Waals surface area (Å²) in [6.45, 7) is 5.84. The van der Waals surface area contributed by atoms with Gasteiger partial charge in [-0.05, 0) is 37.5 Å². The summed E-state index contributed by atoms with van der Waals surface area (Å²) in [5.41, 5.74) is 0.182. The lowest BCUT2D eigenvalue weighted by Gasteiger charge is -2.44. The Labute approximate surface area is 134 Å². The van der Waals surface area contributed by atoms with Crippen LogP contribution in [0.5, 0.6) is 0 Å². The molecule has 2 rings (SSSR count). The highest BCUT2D eigenvalue weighted by Crippen LogP contribution is 2.40. The molecule has 2 aliphatic rings. The molecule has 1 spiro atoms. The molecule has 0 saturated carbocycles. The van der Waals surface area contributed by atoms with Crippen LogP contribution in [-0.2, 0) is 14.8 Å². The van der Waals surface area contributed by atoms with Gasteiger partial charge in [-0.15, -0.1) is 0 Å². The van der Waals surface area contributed by atoms with Gasteiger partial charge in [0, 0.05) is 26.2 Å². The second-order valence-corrected chi connectivity index (χ2v) is 8.44. The van der Waals surface area contributed by atoms with Crippen LogP contribution in [0.1, 0.15) is 46.0 Å². The molecule has 0 unspecified atom stereocenters. The van der Waals surface area contributed by atoms with Crippen LogP contribution in [0.2, 0.25) is 0 Å². The van der Waals surface area contributed by atoms with Crippen LogP contribution in [0.4, 0.5) is 0 Å². The van der Waals surface area contributed by atoms with Gasteiger partial charge in [-0.1, -0.05) is 26.0 Å². The van der Waals surface area contributed by atoms with E-state index in [1.165, 1.54) is 4.31 Å². The minimum Gasteiger partial charge on any atom is -0.341 e. The van der Waals surface area contributed by atoms with Gasteiger partial charge in [-0.3, -0.25) is 4.79 Å². The predicted molar refractivity (Wildman–Crippen MR) is 87.9 cm³/mol. The number of hydrogen-bond donors (Lipinski definition) is 0. The normalized spacial score (nSPS) is 25.9. The molecule has 0 aromatic carbocycles. The molecule has 0 N–H and O–H groups in total. The molecule has 22 heavy (non-hydrogen) atoms. The average Bonchev–Trinajstić information content (AvgIpc) is 2.48. The van der Waals surface area contributed by atoms with Gasteiger partial charge >= 0.3 is 0 Å². The van der Waals surface area contributed by atoms with E-state index >= 15 is 0 Å². The van der Waals surface area contributed by atoms with Crippen molar-refractivity contribution in [2.45, 2.75) is 46.0 Å². The molecule has 1 heterocycles. The highest BCUT2D eigenvalue weighted by Gasteiger charge is 2.37. The summed E-state index contributed by atoms with van der Waals surface area (Å²) in [5.74, 6) is -0.624. The van der Waals surface area contributed by atoms with E-state index in [9.17, 15) is 13.2 Å². The number of amides is 1. The van der Waals surface area contributed by atoms with Crippen molar-refractivity contribution >= 4 is 15.9 Å². The number of carbonyl (C=O) groups excluding carboxylic acids is 1. The third-order valence-corrected chi connectivity index (χ3v) is 6.89. The van der Waals surface area contributed by atoms with E-state index in [2.05, 4.69) is 12.2 Å². The number of allylic oxidation sites excluding steroid dienone is 2. The molecule has 6 heteroatoms. The van der Waals surface area contributed by atoms with Crippen LogP contribution < -0.4 is 0 Å². The first-order chi connectivity index (χ1) is 10.4. The van der Waals surface area contributed by atoms with Gasteiger partial charge in [0.1, 0.15) is 5.75 Å². The molecule has 0 aromatic heterocycles. The third-order valence-electron chi connectivity index (χ3n) is 4.98. The monoisotopic (exact) mass is 328 g/mol. The molecule has 1 atom stereocenters. The lowest BCUT2D eigenvalue weighted by Crippen LogP contribution is -2.49. The van der Waals surface area contributed by atoms with Gasteiger partial charge in [0.25, 0.3) is 0 Å². The lowest BCUT2D eigenvalue weighted by atomic mass is 9.71. The van der Waals surface area contributed by atoms with Crippen LogP contribution >= 0.6 is 0 Å². The Balaban J connectivity index is 2.02. The Morgan fingerprint density at radius 2 is 1.95 bits per heavy atom. The van der Waals surface area contributed by atoms with E-state index in [4.69, 9.17) is 0 Å². The first-order valence-corrected chi connectivity index (χ1v) is 9.94. The predicted octanol–water partition coefficient (Wildman–Crippen LogP) is 2.01. The van der Waals surface area contributed by atoms with Crippen molar-refractivity contribution in [3.05, 3.63) is 12.2 Å². The molecular weight excluding hydrogens is 300 g/mol. The fourth-order valence-corrected chi connectivity index (χ4v) is 5.15. The van der Waals surface area contributed by atoms with Crippen molar-refractivity contribution in [1.82, 2.24) is 9.21 Å². The van der Waals surface area contributed by atoms with E-state index in [0.29, 0.717) is 26.2 Å². The maximum absolute atomic E-state index is 12.5. The SMILES string of the molecule is CCN(CC)S(=O)(=O)CC(=O)N1CCC[C@]2(CC=CCC2)C1. The maximum atomic E-state index is 12.5. The molecule has 126 valence electrons. The largest absolute Gasteiger partial charge is 0.341 e. The van der Waals surface area contributed by atoms with Crippen molar-refractivity contribution in [2.24, 2.45) is 5.41 Å².